The van der Waals surface area contributed by atoms with Crippen molar-refractivity contribution in [3.05, 3.63) is 59.8 Å². The number of anilines is 1. The van der Waals surface area contributed by atoms with E-state index < -0.39 is 0 Å². The van der Waals surface area contributed by atoms with E-state index in [1.54, 1.807) is 15.8 Å². The Hall–Kier alpha value is -3.42. The third kappa shape index (κ3) is 4.23. The van der Waals surface area contributed by atoms with E-state index in [0.717, 1.165) is 23.5 Å². The summed E-state index contributed by atoms with van der Waals surface area (Å²) in [6.07, 6.45) is 7.07. The van der Waals surface area contributed by atoms with Crippen molar-refractivity contribution < 1.29 is 9.59 Å². The minimum absolute atomic E-state index is 0.0472. The van der Waals surface area contributed by atoms with Crippen molar-refractivity contribution in [1.29, 1.82) is 0 Å². The van der Waals surface area contributed by atoms with E-state index in [9.17, 15) is 9.59 Å². The van der Waals surface area contributed by atoms with E-state index in [0.29, 0.717) is 43.9 Å². The van der Waals surface area contributed by atoms with E-state index in [-0.39, 0.29) is 17.6 Å². The van der Waals surface area contributed by atoms with Gasteiger partial charge in [0.25, 0.3) is 0 Å². The monoisotopic (exact) mass is 420 g/mol. The maximum absolute atomic E-state index is 13.1. The number of aryl methyl sites for hydroxylation is 3. The van der Waals surface area contributed by atoms with Crippen LogP contribution in [0.4, 0.5) is 5.82 Å². The topological polar surface area (TPSA) is 99.0 Å². The van der Waals surface area contributed by atoms with Crippen molar-refractivity contribution in [3.8, 4) is 5.69 Å². The van der Waals surface area contributed by atoms with Crippen molar-refractivity contribution in [2.24, 2.45) is 5.92 Å². The first-order valence-electron chi connectivity index (χ1n) is 10.7. The molecule has 1 aromatic carbocycles. The Kier molecular flexibility index (Phi) is 5.88. The van der Waals surface area contributed by atoms with Crippen LogP contribution in [0.25, 0.3) is 5.69 Å². The average Bonchev–Trinajstić information content (AvgIpc) is 3.52. The van der Waals surface area contributed by atoms with Gasteiger partial charge in [-0.15, -0.1) is 0 Å². The Morgan fingerprint density at radius 3 is 2.74 bits per heavy atom. The summed E-state index contributed by atoms with van der Waals surface area (Å²) in [6, 6.07) is 7.80. The standard InChI is InChI=1S/C23H28N6O2/c1-3-20-25-10-13-27(20)12-9-21(30)28-11-8-17(15-28)22(31)19-14-26-29(23(19)24)18-6-4-16(2)5-7-18/h4-7,10,13-14,17H,3,8-9,11-12,15,24H2,1-2H3. The Balaban J connectivity index is 1.38. The minimum atomic E-state index is -0.249. The number of imidazole rings is 1. The molecule has 1 aliphatic heterocycles. The molecular formula is C23H28N6O2. The van der Waals surface area contributed by atoms with Gasteiger partial charge in [0, 0.05) is 50.8 Å². The second-order valence-electron chi connectivity index (χ2n) is 8.02. The van der Waals surface area contributed by atoms with Gasteiger partial charge in [-0.05, 0) is 25.5 Å². The lowest BCUT2D eigenvalue weighted by atomic mass is 9.98. The van der Waals surface area contributed by atoms with E-state index in [2.05, 4.69) is 10.1 Å². The zero-order chi connectivity index (χ0) is 22.0. The van der Waals surface area contributed by atoms with Crippen LogP contribution in [0.15, 0.2) is 42.9 Å². The first-order chi connectivity index (χ1) is 15.0. The Bertz CT molecular complexity index is 1080. The highest BCUT2D eigenvalue weighted by Crippen LogP contribution is 2.26. The van der Waals surface area contributed by atoms with Crippen molar-refractivity contribution in [3.63, 3.8) is 0 Å². The summed E-state index contributed by atoms with van der Waals surface area (Å²) in [4.78, 5) is 31.8. The summed E-state index contributed by atoms with van der Waals surface area (Å²) in [5.41, 5.74) is 8.63. The molecular weight excluding hydrogens is 392 g/mol. The lowest BCUT2D eigenvalue weighted by Gasteiger charge is -2.17. The van der Waals surface area contributed by atoms with Crippen LogP contribution in [0, 0.1) is 12.8 Å². The second kappa shape index (κ2) is 8.75. The zero-order valence-corrected chi connectivity index (χ0v) is 18.0. The second-order valence-corrected chi connectivity index (χ2v) is 8.02. The SMILES string of the molecule is CCc1nccn1CCC(=O)N1CCC(C(=O)c2cnn(-c3ccc(C)cc3)c2N)C1. The number of nitrogens with two attached hydrogens (primary N) is 1. The van der Waals surface area contributed by atoms with Gasteiger partial charge in [0.05, 0.1) is 17.4 Å². The van der Waals surface area contributed by atoms with Gasteiger partial charge in [-0.1, -0.05) is 24.6 Å². The summed E-state index contributed by atoms with van der Waals surface area (Å²) >= 11 is 0. The van der Waals surface area contributed by atoms with E-state index in [4.69, 9.17) is 5.73 Å². The summed E-state index contributed by atoms with van der Waals surface area (Å²) in [7, 11) is 0. The zero-order valence-electron chi connectivity index (χ0n) is 18.0. The lowest BCUT2D eigenvalue weighted by molar-refractivity contribution is -0.130. The van der Waals surface area contributed by atoms with Gasteiger partial charge in [-0.25, -0.2) is 9.67 Å². The highest BCUT2D eigenvalue weighted by molar-refractivity contribution is 6.02. The molecule has 1 atom stereocenters. The number of carbonyl (C=O) groups is 2. The Labute approximate surface area is 181 Å². The summed E-state index contributed by atoms with van der Waals surface area (Å²) < 4.78 is 3.59. The maximum Gasteiger partial charge on any atom is 0.224 e. The first-order valence-corrected chi connectivity index (χ1v) is 10.7. The molecule has 3 aromatic rings. The molecule has 3 heterocycles. The number of Topliss-reactive ketones (excluding diaryl/α,β-unsaturated/α-hetero) is 1. The highest BCUT2D eigenvalue weighted by Gasteiger charge is 2.33. The molecule has 2 N–H and O–H groups in total. The lowest BCUT2D eigenvalue weighted by Crippen LogP contribution is -2.30. The van der Waals surface area contributed by atoms with Gasteiger partial charge in [-0.3, -0.25) is 9.59 Å². The first kappa shape index (κ1) is 20.8. The molecule has 8 nitrogen and oxygen atoms in total. The molecule has 4 rings (SSSR count). The molecule has 1 fully saturated rings. The van der Waals surface area contributed by atoms with Crippen molar-refractivity contribution in [1.82, 2.24) is 24.2 Å². The molecule has 31 heavy (non-hydrogen) atoms. The molecule has 0 bridgehead atoms. The summed E-state index contributed by atoms with van der Waals surface area (Å²) in [5.74, 6) is 1.08. The molecule has 8 heteroatoms. The number of hydrogen-bond donors (Lipinski definition) is 1. The van der Waals surface area contributed by atoms with Crippen molar-refractivity contribution >= 4 is 17.5 Å². The highest BCUT2D eigenvalue weighted by atomic mass is 16.2. The van der Waals surface area contributed by atoms with Gasteiger partial charge in [-0.2, -0.15) is 5.10 Å². The fraction of sp³-hybridized carbons (Fsp3) is 0.391. The number of ketones is 1. The van der Waals surface area contributed by atoms with Crippen LogP contribution in [-0.2, 0) is 17.8 Å². The third-order valence-electron chi connectivity index (χ3n) is 5.95. The molecule has 2 aromatic heterocycles. The third-order valence-corrected chi connectivity index (χ3v) is 5.95. The quantitative estimate of drug-likeness (QED) is 0.593. The summed E-state index contributed by atoms with van der Waals surface area (Å²) in [5, 5.41) is 4.32. The number of hydrogen-bond acceptors (Lipinski definition) is 5. The summed E-state index contributed by atoms with van der Waals surface area (Å²) in [6.45, 7) is 5.68. The molecule has 0 aliphatic carbocycles. The molecule has 0 radical (unpaired) electrons. The number of aromatic nitrogens is 4. The van der Waals surface area contributed by atoms with Crippen LogP contribution in [0.2, 0.25) is 0 Å². The number of nitrogen functional groups attached to an aromatic ring is 1. The Morgan fingerprint density at radius 2 is 2.00 bits per heavy atom. The van der Waals surface area contributed by atoms with Crippen molar-refractivity contribution in [2.45, 2.75) is 39.7 Å². The number of nitrogens with zero attached hydrogens (tertiary/aromatic N) is 5. The predicted molar refractivity (Wildman–Crippen MR) is 118 cm³/mol. The van der Waals surface area contributed by atoms with Crippen LogP contribution in [-0.4, -0.2) is 49.0 Å². The van der Waals surface area contributed by atoms with E-state index >= 15 is 0 Å². The molecule has 0 spiro atoms. The molecule has 162 valence electrons. The molecule has 0 saturated carbocycles. The number of rotatable bonds is 7. The van der Waals surface area contributed by atoms with Crippen LogP contribution < -0.4 is 5.73 Å². The largest absolute Gasteiger partial charge is 0.383 e. The number of likely N-dealkylation sites (tertiary alicyclic amines) is 1. The van der Waals surface area contributed by atoms with Gasteiger partial charge >= 0.3 is 0 Å². The van der Waals surface area contributed by atoms with Crippen LogP contribution in [0.3, 0.4) is 0 Å². The van der Waals surface area contributed by atoms with E-state index in [1.165, 1.54) is 6.20 Å². The van der Waals surface area contributed by atoms with Gasteiger partial charge in [0.2, 0.25) is 5.91 Å². The Morgan fingerprint density at radius 1 is 1.23 bits per heavy atom. The van der Waals surface area contributed by atoms with Crippen molar-refractivity contribution in [2.75, 3.05) is 18.8 Å². The van der Waals surface area contributed by atoms with Gasteiger partial charge < -0.3 is 15.2 Å². The normalized spacial score (nSPS) is 16.1. The van der Waals surface area contributed by atoms with Gasteiger partial charge in [0.1, 0.15) is 11.6 Å². The van der Waals surface area contributed by atoms with Crippen LogP contribution >= 0.6 is 0 Å². The molecule has 1 amide bonds. The fourth-order valence-electron chi connectivity index (χ4n) is 4.09. The molecule has 1 saturated heterocycles. The van der Waals surface area contributed by atoms with Gasteiger partial charge in [0.15, 0.2) is 5.78 Å². The van der Waals surface area contributed by atoms with Crippen LogP contribution in [0.1, 0.15) is 41.5 Å². The van der Waals surface area contributed by atoms with E-state index in [1.807, 2.05) is 48.9 Å². The molecule has 1 aliphatic rings. The fourth-order valence-corrected chi connectivity index (χ4v) is 4.09. The number of amides is 1. The predicted octanol–water partition coefficient (Wildman–Crippen LogP) is 2.64. The number of carbonyl (C=O) groups excluding carboxylic acids is 2. The minimum Gasteiger partial charge on any atom is -0.383 e. The van der Waals surface area contributed by atoms with Crippen LogP contribution in [0.5, 0.6) is 0 Å². The molecule has 1 unspecified atom stereocenters. The average molecular weight is 421 g/mol. The smallest absolute Gasteiger partial charge is 0.224 e. The number of benzene rings is 1. The maximum atomic E-state index is 13.1.